The summed E-state index contributed by atoms with van der Waals surface area (Å²) in [7, 11) is 0. The van der Waals surface area contributed by atoms with E-state index in [1.165, 1.54) is 5.39 Å². The Hall–Kier alpha value is -3.27. The fourth-order valence-corrected chi connectivity index (χ4v) is 3.55. The Labute approximate surface area is 164 Å². The maximum absolute atomic E-state index is 12.4. The molecule has 0 radical (unpaired) electrons. The first kappa shape index (κ1) is 18.1. The summed E-state index contributed by atoms with van der Waals surface area (Å²) in [6.45, 7) is 3.45. The van der Waals surface area contributed by atoms with Gasteiger partial charge in [0.25, 0.3) is 0 Å². The van der Waals surface area contributed by atoms with Gasteiger partial charge in [-0.05, 0) is 36.9 Å². The molecule has 0 aliphatic carbocycles. The van der Waals surface area contributed by atoms with Crippen molar-refractivity contribution >= 4 is 27.6 Å². The van der Waals surface area contributed by atoms with Crippen LogP contribution in [0.25, 0.3) is 21.7 Å². The number of aromatic nitrogens is 1. The van der Waals surface area contributed by atoms with Gasteiger partial charge in [-0.1, -0.05) is 54.6 Å². The number of ether oxygens (including phenoxy) is 2. The van der Waals surface area contributed by atoms with Crippen LogP contribution in [0.1, 0.15) is 23.8 Å². The SMILES string of the molecule is CCOC(=O)c1cc2ccccc2n1CCCOc1cccc2ccccc12. The average molecular weight is 373 g/mol. The van der Waals surface area contributed by atoms with E-state index in [2.05, 4.69) is 18.2 Å². The average Bonchev–Trinajstić information content (AvgIpc) is 3.10. The minimum Gasteiger partial charge on any atom is -0.493 e. The fraction of sp³-hybridized carbons (Fsp3) is 0.208. The molecule has 4 aromatic rings. The molecule has 4 nitrogen and oxygen atoms in total. The monoisotopic (exact) mass is 373 g/mol. The van der Waals surface area contributed by atoms with E-state index in [4.69, 9.17) is 9.47 Å². The molecule has 0 saturated carbocycles. The van der Waals surface area contributed by atoms with Gasteiger partial charge in [-0.2, -0.15) is 0 Å². The Kier molecular flexibility index (Phi) is 5.29. The fourth-order valence-electron chi connectivity index (χ4n) is 3.55. The molecular weight excluding hydrogens is 350 g/mol. The van der Waals surface area contributed by atoms with Gasteiger partial charge in [-0.3, -0.25) is 0 Å². The molecule has 0 bridgehead atoms. The van der Waals surface area contributed by atoms with Gasteiger partial charge < -0.3 is 14.0 Å². The van der Waals surface area contributed by atoms with E-state index in [1.807, 2.05) is 66.1 Å². The van der Waals surface area contributed by atoms with Crippen molar-refractivity contribution in [2.45, 2.75) is 19.9 Å². The van der Waals surface area contributed by atoms with Gasteiger partial charge in [0.2, 0.25) is 0 Å². The summed E-state index contributed by atoms with van der Waals surface area (Å²) in [6, 6.07) is 24.2. The van der Waals surface area contributed by atoms with E-state index < -0.39 is 0 Å². The van der Waals surface area contributed by atoms with Crippen molar-refractivity contribution in [3.63, 3.8) is 0 Å². The lowest BCUT2D eigenvalue weighted by Gasteiger charge is -2.12. The summed E-state index contributed by atoms with van der Waals surface area (Å²) < 4.78 is 13.3. The number of esters is 1. The van der Waals surface area contributed by atoms with Crippen LogP contribution in [0.15, 0.2) is 72.8 Å². The Morgan fingerprint density at radius 2 is 1.68 bits per heavy atom. The molecule has 142 valence electrons. The second-order valence-corrected chi connectivity index (χ2v) is 6.64. The first-order chi connectivity index (χ1) is 13.8. The quantitative estimate of drug-likeness (QED) is 0.320. The summed E-state index contributed by atoms with van der Waals surface area (Å²) in [5.41, 5.74) is 1.63. The number of fused-ring (bicyclic) bond motifs is 2. The molecule has 0 fully saturated rings. The van der Waals surface area contributed by atoms with Gasteiger partial charge in [0.15, 0.2) is 0 Å². The predicted octanol–water partition coefficient (Wildman–Crippen LogP) is 5.44. The van der Waals surface area contributed by atoms with Crippen molar-refractivity contribution in [3.05, 3.63) is 78.5 Å². The van der Waals surface area contributed by atoms with Gasteiger partial charge in [0.1, 0.15) is 11.4 Å². The normalized spacial score (nSPS) is 11.0. The topological polar surface area (TPSA) is 40.5 Å². The number of para-hydroxylation sites is 1. The van der Waals surface area contributed by atoms with E-state index in [1.54, 1.807) is 0 Å². The lowest BCUT2D eigenvalue weighted by atomic mass is 10.1. The van der Waals surface area contributed by atoms with E-state index >= 15 is 0 Å². The molecule has 4 heteroatoms. The van der Waals surface area contributed by atoms with Crippen molar-refractivity contribution in [3.8, 4) is 5.75 Å². The van der Waals surface area contributed by atoms with Crippen molar-refractivity contribution in [2.24, 2.45) is 0 Å². The van der Waals surface area contributed by atoms with Crippen LogP contribution < -0.4 is 4.74 Å². The van der Waals surface area contributed by atoms with Crippen LogP contribution >= 0.6 is 0 Å². The lowest BCUT2D eigenvalue weighted by molar-refractivity contribution is 0.0514. The zero-order valence-electron chi connectivity index (χ0n) is 15.9. The first-order valence-electron chi connectivity index (χ1n) is 9.64. The van der Waals surface area contributed by atoms with Crippen molar-refractivity contribution < 1.29 is 14.3 Å². The van der Waals surface area contributed by atoms with E-state index in [9.17, 15) is 4.79 Å². The molecule has 0 aliphatic rings. The number of rotatable bonds is 7. The Balaban J connectivity index is 1.49. The van der Waals surface area contributed by atoms with Crippen LogP contribution in [0.2, 0.25) is 0 Å². The van der Waals surface area contributed by atoms with E-state index in [0.29, 0.717) is 25.5 Å². The third kappa shape index (κ3) is 3.58. The van der Waals surface area contributed by atoms with E-state index in [-0.39, 0.29) is 5.97 Å². The van der Waals surface area contributed by atoms with Crippen molar-refractivity contribution in [2.75, 3.05) is 13.2 Å². The number of nitrogens with zero attached hydrogens (tertiary/aromatic N) is 1. The summed E-state index contributed by atoms with van der Waals surface area (Å²) in [5.74, 6) is 0.606. The van der Waals surface area contributed by atoms with Crippen LogP contribution in [0.5, 0.6) is 5.75 Å². The number of hydrogen-bond acceptors (Lipinski definition) is 3. The summed E-state index contributed by atoms with van der Waals surface area (Å²) in [5, 5.41) is 3.32. The zero-order valence-corrected chi connectivity index (χ0v) is 15.9. The molecule has 0 spiro atoms. The third-order valence-corrected chi connectivity index (χ3v) is 4.83. The highest BCUT2D eigenvalue weighted by molar-refractivity contribution is 5.95. The summed E-state index contributed by atoms with van der Waals surface area (Å²) in [4.78, 5) is 12.4. The van der Waals surface area contributed by atoms with Gasteiger partial charge in [0, 0.05) is 22.8 Å². The standard InChI is InChI=1S/C24H23NO3/c1-2-27-24(26)22-17-19-10-4-6-13-21(19)25(22)15-8-16-28-23-14-7-11-18-9-3-5-12-20(18)23/h3-7,9-14,17H,2,8,15-16H2,1H3. The summed E-state index contributed by atoms with van der Waals surface area (Å²) >= 11 is 0. The number of carbonyl (C=O) groups excluding carboxylic acids is 1. The highest BCUT2D eigenvalue weighted by Gasteiger charge is 2.16. The summed E-state index contributed by atoms with van der Waals surface area (Å²) in [6.07, 6.45) is 0.786. The molecule has 3 aromatic carbocycles. The molecule has 0 N–H and O–H groups in total. The minimum absolute atomic E-state index is 0.284. The lowest BCUT2D eigenvalue weighted by Crippen LogP contribution is -2.13. The second kappa shape index (κ2) is 8.17. The number of carbonyl (C=O) groups is 1. The van der Waals surface area contributed by atoms with Crippen LogP contribution in [-0.4, -0.2) is 23.8 Å². The molecule has 0 saturated heterocycles. The highest BCUT2D eigenvalue weighted by atomic mass is 16.5. The van der Waals surface area contributed by atoms with Crippen LogP contribution in [0.4, 0.5) is 0 Å². The van der Waals surface area contributed by atoms with Crippen molar-refractivity contribution in [1.29, 1.82) is 0 Å². The minimum atomic E-state index is -0.284. The maximum atomic E-state index is 12.4. The maximum Gasteiger partial charge on any atom is 0.354 e. The number of benzene rings is 3. The Morgan fingerprint density at radius 1 is 0.929 bits per heavy atom. The molecule has 0 aliphatic heterocycles. The molecular formula is C24H23NO3. The third-order valence-electron chi connectivity index (χ3n) is 4.83. The second-order valence-electron chi connectivity index (χ2n) is 6.64. The first-order valence-corrected chi connectivity index (χ1v) is 9.64. The van der Waals surface area contributed by atoms with Crippen LogP contribution in [0, 0.1) is 0 Å². The number of hydrogen-bond donors (Lipinski definition) is 0. The molecule has 28 heavy (non-hydrogen) atoms. The van der Waals surface area contributed by atoms with Gasteiger partial charge in [-0.25, -0.2) is 4.79 Å². The predicted molar refractivity (Wildman–Crippen MR) is 112 cm³/mol. The molecule has 0 unspecified atom stereocenters. The van der Waals surface area contributed by atoms with Crippen LogP contribution in [0.3, 0.4) is 0 Å². The number of aryl methyl sites for hydroxylation is 1. The molecule has 0 amide bonds. The molecule has 1 aromatic heterocycles. The molecule has 0 atom stereocenters. The largest absolute Gasteiger partial charge is 0.493 e. The Morgan fingerprint density at radius 3 is 2.54 bits per heavy atom. The highest BCUT2D eigenvalue weighted by Crippen LogP contribution is 2.25. The van der Waals surface area contributed by atoms with Crippen LogP contribution in [-0.2, 0) is 11.3 Å². The zero-order chi connectivity index (χ0) is 19.3. The molecule has 1 heterocycles. The Bertz CT molecular complexity index is 1110. The van der Waals surface area contributed by atoms with Crippen molar-refractivity contribution in [1.82, 2.24) is 4.57 Å². The van der Waals surface area contributed by atoms with Gasteiger partial charge in [-0.15, -0.1) is 0 Å². The molecule has 4 rings (SSSR count). The smallest absolute Gasteiger partial charge is 0.354 e. The van der Waals surface area contributed by atoms with Gasteiger partial charge in [0.05, 0.1) is 13.2 Å². The van der Waals surface area contributed by atoms with E-state index in [0.717, 1.165) is 28.5 Å². The van der Waals surface area contributed by atoms with Gasteiger partial charge >= 0.3 is 5.97 Å².